The molecule has 3 aromatic rings. The highest BCUT2D eigenvalue weighted by molar-refractivity contribution is 6.30. The zero-order valence-electron chi connectivity index (χ0n) is 15.8. The standard InChI is InChI=1S/C23H22ClNO3/c1-3-25(21-11-7-10-20(24)16-21)17(2)27-23(26)28-22-14-12-19(13-15-22)18-8-5-4-6-9-18/h4-17H,3H2,1-2H3. The lowest BCUT2D eigenvalue weighted by molar-refractivity contribution is 0.0645. The highest BCUT2D eigenvalue weighted by Crippen LogP contribution is 2.24. The van der Waals surface area contributed by atoms with Gasteiger partial charge < -0.3 is 14.4 Å². The largest absolute Gasteiger partial charge is 0.515 e. The van der Waals surface area contributed by atoms with Gasteiger partial charge in [-0.3, -0.25) is 0 Å². The highest BCUT2D eigenvalue weighted by Gasteiger charge is 2.19. The van der Waals surface area contributed by atoms with Gasteiger partial charge in [0.2, 0.25) is 0 Å². The maximum absolute atomic E-state index is 12.2. The topological polar surface area (TPSA) is 38.8 Å². The number of carbonyl (C=O) groups excluding carboxylic acids is 1. The number of rotatable bonds is 6. The van der Waals surface area contributed by atoms with Gasteiger partial charge in [-0.2, -0.15) is 0 Å². The molecule has 0 saturated carbocycles. The Hall–Kier alpha value is -2.98. The summed E-state index contributed by atoms with van der Waals surface area (Å²) >= 11 is 6.06. The lowest BCUT2D eigenvalue weighted by atomic mass is 10.1. The van der Waals surface area contributed by atoms with Crippen LogP contribution in [0.15, 0.2) is 78.9 Å². The van der Waals surface area contributed by atoms with Gasteiger partial charge in [-0.1, -0.05) is 60.1 Å². The first-order valence-corrected chi connectivity index (χ1v) is 9.51. The Morgan fingerprint density at radius 1 is 0.964 bits per heavy atom. The summed E-state index contributed by atoms with van der Waals surface area (Å²) in [4.78, 5) is 14.1. The third-order valence-corrected chi connectivity index (χ3v) is 4.58. The van der Waals surface area contributed by atoms with Gasteiger partial charge in [0, 0.05) is 17.3 Å². The number of halogens is 1. The number of benzene rings is 3. The van der Waals surface area contributed by atoms with E-state index in [1.54, 1.807) is 25.1 Å². The van der Waals surface area contributed by atoms with Crippen molar-refractivity contribution in [3.8, 4) is 16.9 Å². The molecule has 0 aliphatic carbocycles. The Bertz CT molecular complexity index is 913. The first-order valence-electron chi connectivity index (χ1n) is 9.13. The van der Waals surface area contributed by atoms with E-state index in [1.807, 2.05) is 72.5 Å². The van der Waals surface area contributed by atoms with Gasteiger partial charge >= 0.3 is 6.16 Å². The second-order valence-electron chi connectivity index (χ2n) is 6.23. The molecular weight excluding hydrogens is 374 g/mol. The lowest BCUT2D eigenvalue weighted by Crippen LogP contribution is -2.37. The van der Waals surface area contributed by atoms with E-state index in [0.717, 1.165) is 16.8 Å². The minimum atomic E-state index is -0.750. The molecule has 0 N–H and O–H groups in total. The third-order valence-electron chi connectivity index (χ3n) is 4.35. The van der Waals surface area contributed by atoms with Crippen LogP contribution in [0.25, 0.3) is 11.1 Å². The number of hydrogen-bond donors (Lipinski definition) is 0. The quantitative estimate of drug-likeness (QED) is 0.275. The van der Waals surface area contributed by atoms with Crippen LogP contribution in [0.5, 0.6) is 5.75 Å². The van der Waals surface area contributed by atoms with Crippen LogP contribution in [0.3, 0.4) is 0 Å². The summed E-state index contributed by atoms with van der Waals surface area (Å²) in [5, 5.41) is 0.629. The van der Waals surface area contributed by atoms with Gasteiger partial charge in [-0.15, -0.1) is 0 Å². The maximum atomic E-state index is 12.2. The van der Waals surface area contributed by atoms with Gasteiger partial charge in [-0.25, -0.2) is 4.79 Å². The first-order chi connectivity index (χ1) is 13.6. The van der Waals surface area contributed by atoms with E-state index in [2.05, 4.69) is 0 Å². The Labute approximate surface area is 170 Å². The van der Waals surface area contributed by atoms with Crippen LogP contribution in [0.2, 0.25) is 5.02 Å². The average Bonchev–Trinajstić information content (AvgIpc) is 2.70. The summed E-state index contributed by atoms with van der Waals surface area (Å²) < 4.78 is 10.8. The molecule has 1 atom stereocenters. The molecule has 4 nitrogen and oxygen atoms in total. The molecule has 3 rings (SSSR count). The van der Waals surface area contributed by atoms with Crippen molar-refractivity contribution in [2.24, 2.45) is 0 Å². The second-order valence-corrected chi connectivity index (χ2v) is 6.66. The number of anilines is 1. The predicted octanol–water partition coefficient (Wildman–Crippen LogP) is 6.39. The zero-order valence-corrected chi connectivity index (χ0v) is 16.6. The van der Waals surface area contributed by atoms with Gasteiger partial charge in [-0.05, 0) is 55.3 Å². The molecule has 0 bridgehead atoms. The monoisotopic (exact) mass is 395 g/mol. The summed E-state index contributed by atoms with van der Waals surface area (Å²) in [6.07, 6.45) is -1.25. The van der Waals surface area contributed by atoms with E-state index < -0.39 is 12.4 Å². The molecule has 0 aliphatic rings. The number of carbonyl (C=O) groups is 1. The van der Waals surface area contributed by atoms with Gasteiger partial charge in [0.25, 0.3) is 0 Å². The van der Waals surface area contributed by atoms with E-state index in [0.29, 0.717) is 17.3 Å². The van der Waals surface area contributed by atoms with E-state index in [9.17, 15) is 4.79 Å². The molecule has 0 aromatic heterocycles. The molecular formula is C23H22ClNO3. The number of nitrogens with zero attached hydrogens (tertiary/aromatic N) is 1. The molecule has 28 heavy (non-hydrogen) atoms. The van der Waals surface area contributed by atoms with Crippen molar-refractivity contribution in [1.82, 2.24) is 0 Å². The average molecular weight is 396 g/mol. The van der Waals surface area contributed by atoms with Crippen LogP contribution in [-0.4, -0.2) is 18.9 Å². The Balaban J connectivity index is 1.61. The van der Waals surface area contributed by atoms with E-state index >= 15 is 0 Å². The van der Waals surface area contributed by atoms with Crippen molar-refractivity contribution in [3.63, 3.8) is 0 Å². The molecule has 3 aromatic carbocycles. The van der Waals surface area contributed by atoms with Crippen molar-refractivity contribution in [2.75, 3.05) is 11.4 Å². The smallest absolute Gasteiger partial charge is 0.410 e. The molecule has 144 valence electrons. The van der Waals surface area contributed by atoms with Gasteiger partial charge in [0.15, 0.2) is 6.23 Å². The van der Waals surface area contributed by atoms with Crippen LogP contribution in [0.1, 0.15) is 13.8 Å². The summed E-state index contributed by atoms with van der Waals surface area (Å²) in [5.41, 5.74) is 3.03. The van der Waals surface area contributed by atoms with Crippen molar-refractivity contribution >= 4 is 23.4 Å². The summed E-state index contributed by atoms with van der Waals surface area (Å²) in [7, 11) is 0. The molecule has 0 spiro atoms. The molecule has 0 aliphatic heterocycles. The number of hydrogen-bond acceptors (Lipinski definition) is 4. The van der Waals surface area contributed by atoms with Crippen LogP contribution in [-0.2, 0) is 4.74 Å². The molecule has 0 heterocycles. The fourth-order valence-electron chi connectivity index (χ4n) is 2.97. The maximum Gasteiger partial charge on any atom is 0.515 e. The van der Waals surface area contributed by atoms with Crippen LogP contribution >= 0.6 is 11.6 Å². The minimum absolute atomic E-state index is 0.433. The normalized spacial score (nSPS) is 11.5. The first kappa shape index (κ1) is 19.8. The molecule has 0 radical (unpaired) electrons. The molecule has 1 unspecified atom stereocenters. The zero-order chi connectivity index (χ0) is 19.9. The van der Waals surface area contributed by atoms with Crippen molar-refractivity contribution in [3.05, 3.63) is 83.9 Å². The Morgan fingerprint density at radius 2 is 1.64 bits per heavy atom. The van der Waals surface area contributed by atoms with Crippen LogP contribution in [0.4, 0.5) is 10.5 Å². The summed E-state index contributed by atoms with van der Waals surface area (Å²) in [6, 6.07) is 24.7. The molecule has 5 heteroatoms. The fraction of sp³-hybridized carbons (Fsp3) is 0.174. The van der Waals surface area contributed by atoms with Crippen LogP contribution < -0.4 is 9.64 Å². The van der Waals surface area contributed by atoms with E-state index in [-0.39, 0.29) is 0 Å². The Morgan fingerprint density at radius 3 is 2.29 bits per heavy atom. The fourth-order valence-corrected chi connectivity index (χ4v) is 3.16. The highest BCUT2D eigenvalue weighted by atomic mass is 35.5. The van der Waals surface area contributed by atoms with E-state index in [4.69, 9.17) is 21.1 Å². The Kier molecular flexibility index (Phi) is 6.56. The number of ether oxygens (including phenoxy) is 2. The van der Waals surface area contributed by atoms with Gasteiger partial charge in [0.1, 0.15) is 5.75 Å². The minimum Gasteiger partial charge on any atom is -0.410 e. The van der Waals surface area contributed by atoms with Crippen molar-refractivity contribution < 1.29 is 14.3 Å². The molecule has 0 saturated heterocycles. The van der Waals surface area contributed by atoms with Gasteiger partial charge in [0.05, 0.1) is 0 Å². The molecule has 0 amide bonds. The second kappa shape index (κ2) is 9.29. The van der Waals surface area contributed by atoms with Crippen molar-refractivity contribution in [1.29, 1.82) is 0 Å². The predicted molar refractivity (Wildman–Crippen MR) is 113 cm³/mol. The van der Waals surface area contributed by atoms with Crippen LogP contribution in [0, 0.1) is 0 Å². The SMILES string of the molecule is CCN(c1cccc(Cl)c1)C(C)OC(=O)Oc1ccc(-c2ccccc2)cc1. The molecule has 0 fully saturated rings. The van der Waals surface area contributed by atoms with E-state index in [1.165, 1.54) is 0 Å². The van der Waals surface area contributed by atoms with Crippen molar-refractivity contribution in [2.45, 2.75) is 20.1 Å². The lowest BCUT2D eigenvalue weighted by Gasteiger charge is -2.29. The summed E-state index contributed by atoms with van der Waals surface area (Å²) in [6.45, 7) is 4.43. The third kappa shape index (κ3) is 5.05. The summed E-state index contributed by atoms with van der Waals surface area (Å²) in [5.74, 6) is 0.433.